The molecule has 0 aromatic heterocycles. The van der Waals surface area contributed by atoms with Crippen LogP contribution in [0, 0.1) is 0 Å². The summed E-state index contributed by atoms with van der Waals surface area (Å²) in [6.07, 6.45) is 0.550. The van der Waals surface area contributed by atoms with Gasteiger partial charge in [-0.3, -0.25) is 14.5 Å². The molecule has 2 amide bonds. The van der Waals surface area contributed by atoms with Crippen molar-refractivity contribution in [3.8, 4) is 0 Å². The number of nitrogens with two attached hydrogens (primary N) is 1. The van der Waals surface area contributed by atoms with Gasteiger partial charge in [-0.15, -0.1) is 0 Å². The molecule has 1 aliphatic rings. The molecule has 0 bridgehead atoms. The Balaban J connectivity index is 1.72. The van der Waals surface area contributed by atoms with Gasteiger partial charge in [0.05, 0.1) is 11.1 Å². The van der Waals surface area contributed by atoms with Crippen molar-refractivity contribution < 1.29 is 9.59 Å². The molecule has 0 fully saturated rings. The molecule has 1 atom stereocenters. The zero-order valence-electron chi connectivity index (χ0n) is 11.8. The van der Waals surface area contributed by atoms with Crippen LogP contribution in [-0.2, 0) is 6.42 Å². The number of halogens is 1. The Bertz CT molecular complexity index is 710. The fourth-order valence-electron chi connectivity index (χ4n) is 2.67. The molecule has 0 aliphatic carbocycles. The van der Waals surface area contributed by atoms with Gasteiger partial charge in [-0.1, -0.05) is 35.9 Å². The van der Waals surface area contributed by atoms with Crippen molar-refractivity contribution in [2.45, 2.75) is 12.5 Å². The number of amides is 2. The molecule has 2 aromatic rings. The average molecular weight is 315 g/mol. The van der Waals surface area contributed by atoms with Gasteiger partial charge in [0.15, 0.2) is 0 Å². The number of benzene rings is 2. The monoisotopic (exact) mass is 314 g/mol. The molecule has 0 saturated heterocycles. The van der Waals surface area contributed by atoms with Crippen molar-refractivity contribution in [1.29, 1.82) is 0 Å². The normalized spacial score (nSPS) is 15.1. The van der Waals surface area contributed by atoms with E-state index in [0.29, 0.717) is 22.6 Å². The van der Waals surface area contributed by atoms with E-state index in [-0.39, 0.29) is 24.4 Å². The minimum absolute atomic E-state index is 0.193. The lowest BCUT2D eigenvalue weighted by molar-refractivity contribution is 0.0644. The standard InChI is InChI=1S/C17H15ClN2O2/c18-12-5-3-4-11(8-12)9-13(19)10-20-16(21)14-6-1-2-7-15(14)17(20)22/h1-8,13H,9-10,19H2/t13-/m0/s1. The van der Waals surface area contributed by atoms with E-state index in [1.165, 1.54) is 4.90 Å². The molecule has 5 heteroatoms. The second-order valence-electron chi connectivity index (χ2n) is 5.36. The summed E-state index contributed by atoms with van der Waals surface area (Å²) < 4.78 is 0. The fourth-order valence-corrected chi connectivity index (χ4v) is 2.88. The number of carbonyl (C=O) groups is 2. The third-order valence-corrected chi connectivity index (χ3v) is 3.92. The summed E-state index contributed by atoms with van der Waals surface area (Å²) in [5.74, 6) is -0.552. The molecule has 1 aliphatic heterocycles. The summed E-state index contributed by atoms with van der Waals surface area (Å²) in [5, 5.41) is 0.644. The predicted molar refractivity (Wildman–Crippen MR) is 84.9 cm³/mol. The Morgan fingerprint density at radius 1 is 1.00 bits per heavy atom. The summed E-state index contributed by atoms with van der Waals surface area (Å²) >= 11 is 5.95. The number of hydrogen-bond donors (Lipinski definition) is 1. The van der Waals surface area contributed by atoms with Gasteiger partial charge in [-0.2, -0.15) is 0 Å². The van der Waals surface area contributed by atoms with Crippen molar-refractivity contribution in [1.82, 2.24) is 4.90 Å². The Labute approximate surface area is 133 Å². The second kappa shape index (κ2) is 5.91. The van der Waals surface area contributed by atoms with Gasteiger partial charge in [-0.05, 0) is 36.2 Å². The zero-order chi connectivity index (χ0) is 15.7. The number of nitrogens with zero attached hydrogens (tertiary/aromatic N) is 1. The minimum atomic E-state index is -0.333. The van der Waals surface area contributed by atoms with Gasteiger partial charge in [0.1, 0.15) is 0 Å². The number of fused-ring (bicyclic) bond motifs is 1. The highest BCUT2D eigenvalue weighted by molar-refractivity contribution is 6.30. The second-order valence-corrected chi connectivity index (χ2v) is 5.80. The molecule has 112 valence electrons. The molecule has 0 saturated carbocycles. The van der Waals surface area contributed by atoms with Crippen LogP contribution in [0.2, 0.25) is 5.02 Å². The third kappa shape index (κ3) is 2.75. The Kier molecular flexibility index (Phi) is 3.96. The van der Waals surface area contributed by atoms with Gasteiger partial charge in [0.2, 0.25) is 0 Å². The molecule has 2 N–H and O–H groups in total. The van der Waals surface area contributed by atoms with Gasteiger partial charge in [0, 0.05) is 17.6 Å². The molecule has 3 rings (SSSR count). The summed E-state index contributed by atoms with van der Waals surface area (Å²) in [6.45, 7) is 0.193. The Morgan fingerprint density at radius 2 is 1.64 bits per heavy atom. The van der Waals surface area contributed by atoms with E-state index in [9.17, 15) is 9.59 Å². The molecule has 0 spiro atoms. The van der Waals surface area contributed by atoms with Crippen LogP contribution >= 0.6 is 11.6 Å². The van der Waals surface area contributed by atoms with Gasteiger partial charge < -0.3 is 5.73 Å². The molecule has 1 heterocycles. The molecule has 2 aromatic carbocycles. The van der Waals surface area contributed by atoms with E-state index in [0.717, 1.165) is 5.56 Å². The number of hydrogen-bond acceptors (Lipinski definition) is 3. The smallest absolute Gasteiger partial charge is 0.261 e. The van der Waals surface area contributed by atoms with E-state index in [2.05, 4.69) is 0 Å². The first-order valence-electron chi connectivity index (χ1n) is 7.01. The summed E-state index contributed by atoms with van der Waals surface area (Å²) in [6, 6.07) is 13.9. The SMILES string of the molecule is N[C@@H](Cc1cccc(Cl)c1)CN1C(=O)c2ccccc2C1=O. The first kappa shape index (κ1) is 14.8. The number of rotatable bonds is 4. The summed E-state index contributed by atoms with van der Waals surface area (Å²) in [7, 11) is 0. The molecule has 0 radical (unpaired) electrons. The average Bonchev–Trinajstić information content (AvgIpc) is 2.73. The summed E-state index contributed by atoms with van der Waals surface area (Å²) in [4.78, 5) is 25.8. The molecular formula is C17H15ClN2O2. The number of carbonyl (C=O) groups excluding carboxylic acids is 2. The van der Waals surface area contributed by atoms with E-state index < -0.39 is 0 Å². The third-order valence-electron chi connectivity index (χ3n) is 3.68. The highest BCUT2D eigenvalue weighted by atomic mass is 35.5. The van der Waals surface area contributed by atoms with Crippen molar-refractivity contribution in [3.05, 3.63) is 70.2 Å². The quantitative estimate of drug-likeness (QED) is 0.882. The van der Waals surface area contributed by atoms with Gasteiger partial charge in [-0.25, -0.2) is 0 Å². The van der Waals surface area contributed by atoms with Crippen LogP contribution in [-0.4, -0.2) is 29.3 Å². The first-order valence-corrected chi connectivity index (χ1v) is 7.39. The highest BCUT2D eigenvalue weighted by Crippen LogP contribution is 2.22. The van der Waals surface area contributed by atoms with Gasteiger partial charge >= 0.3 is 0 Å². The highest BCUT2D eigenvalue weighted by Gasteiger charge is 2.35. The molecule has 4 nitrogen and oxygen atoms in total. The summed E-state index contributed by atoms with van der Waals surface area (Å²) in [5.41, 5.74) is 7.98. The lowest BCUT2D eigenvalue weighted by Gasteiger charge is -2.19. The van der Waals surface area contributed by atoms with Crippen LogP contribution in [0.4, 0.5) is 0 Å². The van der Waals surface area contributed by atoms with E-state index >= 15 is 0 Å². The lowest BCUT2D eigenvalue weighted by Crippen LogP contribution is -2.41. The predicted octanol–water partition coefficient (Wildman–Crippen LogP) is 2.51. The maximum atomic E-state index is 12.3. The number of imide groups is 1. The largest absolute Gasteiger partial charge is 0.326 e. The molecule has 22 heavy (non-hydrogen) atoms. The minimum Gasteiger partial charge on any atom is -0.326 e. The van der Waals surface area contributed by atoms with Crippen molar-refractivity contribution in [2.24, 2.45) is 5.73 Å². The Morgan fingerprint density at radius 3 is 2.23 bits per heavy atom. The Hall–Kier alpha value is -2.17. The van der Waals surface area contributed by atoms with Crippen LogP contribution in [0.3, 0.4) is 0 Å². The fraction of sp³-hybridized carbons (Fsp3) is 0.176. The van der Waals surface area contributed by atoms with E-state index in [1.54, 1.807) is 30.3 Å². The topological polar surface area (TPSA) is 63.4 Å². The molecule has 0 unspecified atom stereocenters. The lowest BCUT2D eigenvalue weighted by atomic mass is 10.1. The molecular weight excluding hydrogens is 300 g/mol. The zero-order valence-corrected chi connectivity index (χ0v) is 12.6. The maximum Gasteiger partial charge on any atom is 0.261 e. The van der Waals surface area contributed by atoms with Gasteiger partial charge in [0.25, 0.3) is 11.8 Å². The van der Waals surface area contributed by atoms with Crippen LogP contribution in [0.1, 0.15) is 26.3 Å². The van der Waals surface area contributed by atoms with E-state index in [1.807, 2.05) is 18.2 Å². The van der Waals surface area contributed by atoms with Crippen LogP contribution in [0.5, 0.6) is 0 Å². The first-order chi connectivity index (χ1) is 10.6. The maximum absolute atomic E-state index is 12.3. The van der Waals surface area contributed by atoms with Crippen molar-refractivity contribution >= 4 is 23.4 Å². The van der Waals surface area contributed by atoms with Crippen LogP contribution in [0.15, 0.2) is 48.5 Å². The van der Waals surface area contributed by atoms with Crippen molar-refractivity contribution in [2.75, 3.05) is 6.54 Å². The van der Waals surface area contributed by atoms with Crippen LogP contribution < -0.4 is 5.73 Å². The van der Waals surface area contributed by atoms with E-state index in [4.69, 9.17) is 17.3 Å². The van der Waals surface area contributed by atoms with Crippen molar-refractivity contribution in [3.63, 3.8) is 0 Å². The van der Waals surface area contributed by atoms with Crippen LogP contribution in [0.25, 0.3) is 0 Å².